The summed E-state index contributed by atoms with van der Waals surface area (Å²) in [5.41, 5.74) is 2.48. The summed E-state index contributed by atoms with van der Waals surface area (Å²) >= 11 is 3.60. The molecule has 5 rings (SSSR count). The maximum absolute atomic E-state index is 4.85. The summed E-state index contributed by atoms with van der Waals surface area (Å²) in [4.78, 5) is 14.5. The molecule has 0 fully saturated rings. The van der Waals surface area contributed by atoms with Gasteiger partial charge in [0.2, 0.25) is 0 Å². The van der Waals surface area contributed by atoms with Crippen LogP contribution in [-0.4, -0.2) is 21.4 Å². The van der Waals surface area contributed by atoms with Crippen molar-refractivity contribution >= 4 is 32.8 Å². The van der Waals surface area contributed by atoms with Gasteiger partial charge in [0, 0.05) is 35.4 Å². The molecule has 0 unspecified atom stereocenters. The van der Waals surface area contributed by atoms with Crippen molar-refractivity contribution in [2.45, 2.75) is 19.5 Å². The Morgan fingerprint density at radius 1 is 1.12 bits per heavy atom. The van der Waals surface area contributed by atoms with E-state index in [2.05, 4.69) is 57.7 Å². The lowest BCUT2D eigenvalue weighted by molar-refractivity contribution is 0.243. The third kappa shape index (κ3) is 2.99. The van der Waals surface area contributed by atoms with Crippen LogP contribution in [0.15, 0.2) is 54.0 Å². The van der Waals surface area contributed by atoms with Gasteiger partial charge in [-0.15, -0.1) is 22.7 Å². The van der Waals surface area contributed by atoms with Gasteiger partial charge in [-0.1, -0.05) is 24.3 Å². The number of fused-ring (bicyclic) bond motifs is 2. The standard InChI is InChI=1S/C20H17N3S2/c1-2-5-18-14(4-1)10-16(25-18)12-23-8-7-15-11-21-20(22-17(15)13-23)19-6-3-9-24-19/h1-6,9-11H,7-8,12-13H2. The molecule has 0 atom stereocenters. The van der Waals surface area contributed by atoms with Crippen LogP contribution in [0.1, 0.15) is 16.1 Å². The molecule has 1 aromatic carbocycles. The second kappa shape index (κ2) is 6.33. The average Bonchev–Trinajstić information content (AvgIpc) is 3.30. The summed E-state index contributed by atoms with van der Waals surface area (Å²) in [7, 11) is 0. The van der Waals surface area contributed by atoms with Gasteiger partial charge >= 0.3 is 0 Å². The lowest BCUT2D eigenvalue weighted by Crippen LogP contribution is -2.30. The SMILES string of the molecule is c1csc(-c2ncc3c(n2)CN(Cc2cc4ccccc4s2)CC3)c1. The summed E-state index contributed by atoms with van der Waals surface area (Å²) in [6, 6.07) is 15.1. The highest BCUT2D eigenvalue weighted by molar-refractivity contribution is 7.19. The minimum atomic E-state index is 0.859. The average molecular weight is 364 g/mol. The Labute approximate surface area is 154 Å². The van der Waals surface area contributed by atoms with Crippen molar-refractivity contribution in [3.63, 3.8) is 0 Å². The molecule has 0 saturated heterocycles. The molecule has 0 bridgehead atoms. The molecule has 3 aromatic heterocycles. The second-order valence-electron chi connectivity index (χ2n) is 6.35. The van der Waals surface area contributed by atoms with Crippen LogP contribution in [-0.2, 0) is 19.5 Å². The van der Waals surface area contributed by atoms with Gasteiger partial charge in [-0.3, -0.25) is 4.90 Å². The molecule has 0 aliphatic carbocycles. The summed E-state index contributed by atoms with van der Waals surface area (Å²) in [5, 5.41) is 3.42. The third-order valence-electron chi connectivity index (χ3n) is 4.62. The van der Waals surface area contributed by atoms with Gasteiger partial charge in [0.05, 0.1) is 10.6 Å². The van der Waals surface area contributed by atoms with Crippen molar-refractivity contribution in [2.75, 3.05) is 6.54 Å². The molecule has 3 nitrogen and oxygen atoms in total. The molecule has 0 N–H and O–H groups in total. The van der Waals surface area contributed by atoms with Gasteiger partial charge in [-0.05, 0) is 40.9 Å². The van der Waals surface area contributed by atoms with Crippen LogP contribution in [0.4, 0.5) is 0 Å². The van der Waals surface area contributed by atoms with Crippen LogP contribution in [0.3, 0.4) is 0 Å². The molecule has 1 aliphatic heterocycles. The third-order valence-corrected chi connectivity index (χ3v) is 6.59. The van der Waals surface area contributed by atoms with Gasteiger partial charge in [0.25, 0.3) is 0 Å². The van der Waals surface area contributed by atoms with Crippen molar-refractivity contribution in [3.05, 3.63) is 70.2 Å². The fourth-order valence-electron chi connectivity index (χ4n) is 3.35. The predicted molar refractivity (Wildman–Crippen MR) is 105 cm³/mol. The lowest BCUT2D eigenvalue weighted by atomic mass is 10.1. The lowest BCUT2D eigenvalue weighted by Gasteiger charge is -2.27. The van der Waals surface area contributed by atoms with Crippen LogP contribution in [0, 0.1) is 0 Å². The highest BCUT2D eigenvalue weighted by Crippen LogP contribution is 2.28. The molecule has 1 aliphatic rings. The first kappa shape index (κ1) is 15.2. The Kier molecular flexibility index (Phi) is 3.85. The minimum absolute atomic E-state index is 0.859. The number of nitrogens with zero attached hydrogens (tertiary/aromatic N) is 3. The van der Waals surface area contributed by atoms with Crippen LogP contribution < -0.4 is 0 Å². The molecule has 4 heterocycles. The van der Waals surface area contributed by atoms with E-state index in [0.29, 0.717) is 0 Å². The smallest absolute Gasteiger partial charge is 0.169 e. The second-order valence-corrected chi connectivity index (χ2v) is 8.47. The predicted octanol–water partition coefficient (Wildman–Crippen LogP) is 4.98. The maximum Gasteiger partial charge on any atom is 0.169 e. The number of hydrogen-bond acceptors (Lipinski definition) is 5. The minimum Gasteiger partial charge on any atom is -0.292 e. The van der Waals surface area contributed by atoms with Gasteiger partial charge < -0.3 is 0 Å². The van der Waals surface area contributed by atoms with Gasteiger partial charge in [-0.25, -0.2) is 9.97 Å². The Morgan fingerprint density at radius 2 is 2.08 bits per heavy atom. The number of hydrogen-bond donors (Lipinski definition) is 0. The first-order valence-electron chi connectivity index (χ1n) is 8.44. The van der Waals surface area contributed by atoms with E-state index >= 15 is 0 Å². The van der Waals surface area contributed by atoms with Gasteiger partial charge in [0.1, 0.15) is 0 Å². The van der Waals surface area contributed by atoms with E-state index in [9.17, 15) is 0 Å². The quantitative estimate of drug-likeness (QED) is 0.514. The molecule has 0 spiro atoms. The Bertz CT molecular complexity index is 988. The topological polar surface area (TPSA) is 29.0 Å². The van der Waals surface area contributed by atoms with Crippen molar-refractivity contribution < 1.29 is 0 Å². The molecule has 0 amide bonds. The summed E-state index contributed by atoms with van der Waals surface area (Å²) in [6.07, 6.45) is 3.05. The van der Waals surface area contributed by atoms with Crippen LogP contribution >= 0.6 is 22.7 Å². The van der Waals surface area contributed by atoms with E-state index in [-0.39, 0.29) is 0 Å². The Balaban J connectivity index is 1.38. The van der Waals surface area contributed by atoms with Crippen molar-refractivity contribution in [3.8, 4) is 10.7 Å². The van der Waals surface area contributed by atoms with E-state index in [0.717, 1.165) is 36.8 Å². The molecule has 0 radical (unpaired) electrons. The van der Waals surface area contributed by atoms with Crippen LogP contribution in [0.5, 0.6) is 0 Å². The molecular formula is C20H17N3S2. The monoisotopic (exact) mass is 363 g/mol. The fraction of sp³-hybridized carbons (Fsp3) is 0.200. The van der Waals surface area contributed by atoms with E-state index in [1.165, 1.54) is 26.2 Å². The first-order chi connectivity index (χ1) is 12.3. The van der Waals surface area contributed by atoms with Crippen molar-refractivity contribution in [1.82, 2.24) is 14.9 Å². The van der Waals surface area contributed by atoms with Crippen molar-refractivity contribution in [2.24, 2.45) is 0 Å². The number of rotatable bonds is 3. The molecule has 0 saturated carbocycles. The number of thiophene rings is 2. The molecule has 4 aromatic rings. The van der Waals surface area contributed by atoms with Crippen molar-refractivity contribution in [1.29, 1.82) is 0 Å². The largest absolute Gasteiger partial charge is 0.292 e. The van der Waals surface area contributed by atoms with Gasteiger partial charge in [-0.2, -0.15) is 0 Å². The highest BCUT2D eigenvalue weighted by Gasteiger charge is 2.19. The van der Waals surface area contributed by atoms with Crippen LogP contribution in [0.2, 0.25) is 0 Å². The van der Waals surface area contributed by atoms with E-state index in [1.807, 2.05) is 17.5 Å². The normalized spacial score (nSPS) is 14.7. The number of benzene rings is 1. The van der Waals surface area contributed by atoms with E-state index in [1.54, 1.807) is 11.3 Å². The maximum atomic E-state index is 4.85. The molecule has 5 heteroatoms. The van der Waals surface area contributed by atoms with E-state index in [4.69, 9.17) is 4.98 Å². The number of aromatic nitrogens is 2. The van der Waals surface area contributed by atoms with Crippen LogP contribution in [0.25, 0.3) is 20.8 Å². The Hall–Kier alpha value is -2.08. The highest BCUT2D eigenvalue weighted by atomic mass is 32.1. The zero-order valence-electron chi connectivity index (χ0n) is 13.7. The van der Waals surface area contributed by atoms with E-state index < -0.39 is 0 Å². The zero-order valence-corrected chi connectivity index (χ0v) is 15.3. The summed E-state index contributed by atoms with van der Waals surface area (Å²) in [6.45, 7) is 2.98. The zero-order chi connectivity index (χ0) is 16.6. The van der Waals surface area contributed by atoms with Gasteiger partial charge in [0.15, 0.2) is 5.82 Å². The first-order valence-corrected chi connectivity index (χ1v) is 10.1. The fourth-order valence-corrected chi connectivity index (χ4v) is 5.12. The summed E-state index contributed by atoms with van der Waals surface area (Å²) in [5.74, 6) is 0.859. The molecule has 124 valence electrons. The molecule has 25 heavy (non-hydrogen) atoms. The summed E-state index contributed by atoms with van der Waals surface area (Å²) < 4.78 is 1.37. The molecular weight excluding hydrogens is 346 g/mol. The Morgan fingerprint density at radius 3 is 2.96 bits per heavy atom.